The number of carbonyl (C=O) groups excluding carboxylic acids is 2. The summed E-state index contributed by atoms with van der Waals surface area (Å²) in [6.45, 7) is -0.0824. The summed E-state index contributed by atoms with van der Waals surface area (Å²) in [5.41, 5.74) is 1.01. The van der Waals surface area contributed by atoms with Crippen molar-refractivity contribution in [3.63, 3.8) is 0 Å². The topological polar surface area (TPSA) is 68.3 Å². The first-order valence-electron chi connectivity index (χ1n) is 6.34. The zero-order valence-corrected chi connectivity index (χ0v) is 13.7. The number of nitrogens with zero attached hydrogens (tertiary/aromatic N) is 1. The normalized spacial score (nSPS) is 10.1. The van der Waals surface area contributed by atoms with E-state index in [-0.39, 0.29) is 18.8 Å². The third-order valence-electron chi connectivity index (χ3n) is 2.66. The van der Waals surface area contributed by atoms with Crippen LogP contribution in [0.5, 0.6) is 0 Å². The van der Waals surface area contributed by atoms with Gasteiger partial charge >= 0.3 is 5.97 Å². The Bertz CT molecular complexity index is 677. The Labute approximate surface area is 140 Å². The second-order valence-electron chi connectivity index (χ2n) is 4.33. The molecular formula is C15H12BrClN2O3. The molecule has 1 N–H and O–H groups in total. The van der Waals surface area contributed by atoms with Crippen LogP contribution in [-0.4, -0.2) is 23.4 Å². The van der Waals surface area contributed by atoms with Crippen molar-refractivity contribution < 1.29 is 14.3 Å². The van der Waals surface area contributed by atoms with E-state index < -0.39 is 11.9 Å². The molecule has 0 radical (unpaired) electrons. The van der Waals surface area contributed by atoms with E-state index in [1.807, 2.05) is 24.3 Å². The Morgan fingerprint density at radius 3 is 2.64 bits per heavy atom. The summed E-state index contributed by atoms with van der Waals surface area (Å²) >= 11 is 9.09. The molecule has 0 aliphatic carbocycles. The Morgan fingerprint density at radius 2 is 1.95 bits per heavy atom. The Hall–Kier alpha value is -1.92. The van der Waals surface area contributed by atoms with E-state index in [9.17, 15) is 9.59 Å². The van der Waals surface area contributed by atoms with E-state index in [4.69, 9.17) is 16.3 Å². The fourth-order valence-corrected chi connectivity index (χ4v) is 1.99. The molecule has 0 atom stereocenters. The lowest BCUT2D eigenvalue weighted by Crippen LogP contribution is -2.31. The van der Waals surface area contributed by atoms with Crippen molar-refractivity contribution in [3.05, 3.63) is 63.3 Å². The SMILES string of the molecule is O=C(CNC(=O)c1cc(Cl)ccn1)OCc1ccc(Br)cc1. The van der Waals surface area contributed by atoms with Crippen LogP contribution in [0, 0.1) is 0 Å². The molecule has 0 aliphatic rings. The van der Waals surface area contributed by atoms with Gasteiger partial charge in [0.2, 0.25) is 0 Å². The summed E-state index contributed by atoms with van der Waals surface area (Å²) in [4.78, 5) is 27.2. The standard InChI is InChI=1S/C15H12BrClN2O3/c16-11-3-1-10(2-4-11)9-22-14(20)8-19-15(21)13-7-12(17)5-6-18-13/h1-7H,8-9H2,(H,19,21). The summed E-state index contributed by atoms with van der Waals surface area (Å²) < 4.78 is 6.01. The van der Waals surface area contributed by atoms with Crippen LogP contribution >= 0.6 is 27.5 Å². The van der Waals surface area contributed by atoms with Crippen molar-refractivity contribution in [2.45, 2.75) is 6.61 Å². The lowest BCUT2D eigenvalue weighted by Gasteiger charge is -2.06. The van der Waals surface area contributed by atoms with Crippen LogP contribution in [0.1, 0.15) is 16.1 Å². The maximum absolute atomic E-state index is 11.8. The molecule has 1 aromatic carbocycles. The van der Waals surface area contributed by atoms with Gasteiger partial charge in [-0.3, -0.25) is 14.6 Å². The molecule has 2 aromatic rings. The van der Waals surface area contributed by atoms with Gasteiger partial charge in [0.15, 0.2) is 0 Å². The summed E-state index contributed by atoms with van der Waals surface area (Å²) in [5, 5.41) is 2.83. The molecule has 2 rings (SSSR count). The van der Waals surface area contributed by atoms with Crippen LogP contribution in [0.4, 0.5) is 0 Å². The Balaban J connectivity index is 1.78. The first-order chi connectivity index (χ1) is 10.5. The quantitative estimate of drug-likeness (QED) is 0.806. The van der Waals surface area contributed by atoms with Gasteiger partial charge in [0, 0.05) is 15.7 Å². The Morgan fingerprint density at radius 1 is 1.23 bits per heavy atom. The van der Waals surface area contributed by atoms with E-state index in [0.717, 1.165) is 10.0 Å². The fourth-order valence-electron chi connectivity index (χ4n) is 1.57. The number of rotatable bonds is 5. The monoisotopic (exact) mass is 382 g/mol. The molecule has 0 unspecified atom stereocenters. The third-order valence-corrected chi connectivity index (χ3v) is 3.42. The van der Waals surface area contributed by atoms with E-state index in [0.29, 0.717) is 5.02 Å². The van der Waals surface area contributed by atoms with Crippen molar-refractivity contribution in [1.82, 2.24) is 10.3 Å². The van der Waals surface area contributed by atoms with Crippen LogP contribution in [0.2, 0.25) is 5.02 Å². The first-order valence-corrected chi connectivity index (χ1v) is 7.51. The van der Waals surface area contributed by atoms with Gasteiger partial charge in [-0.25, -0.2) is 0 Å². The van der Waals surface area contributed by atoms with Gasteiger partial charge in [-0.2, -0.15) is 0 Å². The van der Waals surface area contributed by atoms with Crippen LogP contribution in [0.15, 0.2) is 47.1 Å². The van der Waals surface area contributed by atoms with Crippen LogP contribution in [0.3, 0.4) is 0 Å². The zero-order valence-electron chi connectivity index (χ0n) is 11.4. The summed E-state index contributed by atoms with van der Waals surface area (Å²) in [5.74, 6) is -1.01. The average Bonchev–Trinajstić information content (AvgIpc) is 2.52. The molecule has 0 fully saturated rings. The van der Waals surface area contributed by atoms with Crippen LogP contribution < -0.4 is 5.32 Å². The number of amides is 1. The largest absolute Gasteiger partial charge is 0.460 e. The van der Waals surface area contributed by atoms with Gasteiger partial charge in [0.1, 0.15) is 18.8 Å². The Kier molecular flexibility index (Phi) is 5.91. The second kappa shape index (κ2) is 7.91. The predicted molar refractivity (Wildman–Crippen MR) is 85.5 cm³/mol. The highest BCUT2D eigenvalue weighted by molar-refractivity contribution is 9.10. The van der Waals surface area contributed by atoms with Gasteiger partial charge in [0.25, 0.3) is 5.91 Å². The first kappa shape index (κ1) is 16.5. The van der Waals surface area contributed by atoms with E-state index in [1.165, 1.54) is 12.3 Å². The zero-order chi connectivity index (χ0) is 15.9. The molecule has 0 saturated carbocycles. The van der Waals surface area contributed by atoms with Gasteiger partial charge < -0.3 is 10.1 Å². The lowest BCUT2D eigenvalue weighted by molar-refractivity contribution is -0.143. The second-order valence-corrected chi connectivity index (χ2v) is 5.68. The molecule has 1 heterocycles. The molecule has 7 heteroatoms. The number of halogens is 2. The molecule has 114 valence electrons. The molecule has 22 heavy (non-hydrogen) atoms. The summed E-state index contributed by atoms with van der Waals surface area (Å²) in [7, 11) is 0. The number of nitrogens with one attached hydrogen (secondary N) is 1. The number of hydrogen-bond donors (Lipinski definition) is 1. The minimum absolute atomic E-state index is 0.146. The number of ether oxygens (including phenoxy) is 1. The maximum Gasteiger partial charge on any atom is 0.325 e. The number of carbonyl (C=O) groups is 2. The number of benzene rings is 1. The highest BCUT2D eigenvalue weighted by Gasteiger charge is 2.10. The molecule has 0 spiro atoms. The number of esters is 1. The molecule has 0 saturated heterocycles. The van der Waals surface area contributed by atoms with E-state index in [2.05, 4.69) is 26.2 Å². The van der Waals surface area contributed by atoms with E-state index in [1.54, 1.807) is 6.07 Å². The smallest absolute Gasteiger partial charge is 0.325 e. The highest BCUT2D eigenvalue weighted by atomic mass is 79.9. The third kappa shape index (κ3) is 5.13. The minimum atomic E-state index is -0.529. The van der Waals surface area contributed by atoms with Gasteiger partial charge in [0.05, 0.1) is 0 Å². The molecule has 1 amide bonds. The van der Waals surface area contributed by atoms with Gasteiger partial charge in [-0.15, -0.1) is 0 Å². The maximum atomic E-state index is 11.8. The van der Waals surface area contributed by atoms with Crippen molar-refractivity contribution in [3.8, 4) is 0 Å². The minimum Gasteiger partial charge on any atom is -0.460 e. The predicted octanol–water partition coefficient (Wildman–Crippen LogP) is 2.97. The van der Waals surface area contributed by atoms with Crippen molar-refractivity contribution in [2.75, 3.05) is 6.54 Å². The highest BCUT2D eigenvalue weighted by Crippen LogP contribution is 2.11. The van der Waals surface area contributed by atoms with Crippen LogP contribution in [-0.2, 0) is 16.1 Å². The molecule has 0 bridgehead atoms. The van der Waals surface area contributed by atoms with E-state index >= 15 is 0 Å². The number of pyridine rings is 1. The van der Waals surface area contributed by atoms with Crippen molar-refractivity contribution in [1.29, 1.82) is 0 Å². The molecule has 5 nitrogen and oxygen atoms in total. The fraction of sp³-hybridized carbons (Fsp3) is 0.133. The van der Waals surface area contributed by atoms with Crippen LogP contribution in [0.25, 0.3) is 0 Å². The van der Waals surface area contributed by atoms with Crippen molar-refractivity contribution in [2.24, 2.45) is 0 Å². The van der Waals surface area contributed by atoms with Crippen molar-refractivity contribution >= 4 is 39.4 Å². The number of hydrogen-bond acceptors (Lipinski definition) is 4. The van der Waals surface area contributed by atoms with Gasteiger partial charge in [-0.1, -0.05) is 39.7 Å². The summed E-state index contributed by atoms with van der Waals surface area (Å²) in [6, 6.07) is 10.4. The molecule has 1 aromatic heterocycles. The lowest BCUT2D eigenvalue weighted by atomic mass is 10.2. The summed E-state index contributed by atoms with van der Waals surface area (Å²) in [6.07, 6.45) is 1.42. The average molecular weight is 384 g/mol. The number of aromatic nitrogens is 1. The molecular weight excluding hydrogens is 372 g/mol. The van der Waals surface area contributed by atoms with Gasteiger partial charge in [-0.05, 0) is 29.8 Å². The molecule has 0 aliphatic heterocycles.